The van der Waals surface area contributed by atoms with Crippen LogP contribution in [0.25, 0.3) is 0 Å². The molecule has 0 saturated carbocycles. The Morgan fingerprint density at radius 2 is 2.15 bits per heavy atom. The number of methoxy groups -OCH3 is 1. The maximum absolute atomic E-state index is 12.0. The van der Waals surface area contributed by atoms with Crippen LogP contribution in [0.3, 0.4) is 0 Å². The first-order chi connectivity index (χ1) is 9.56. The summed E-state index contributed by atoms with van der Waals surface area (Å²) in [5.74, 6) is -0.329. The van der Waals surface area contributed by atoms with Crippen LogP contribution in [0.5, 0.6) is 5.75 Å². The van der Waals surface area contributed by atoms with Crippen molar-refractivity contribution >= 4 is 12.1 Å². The molecule has 0 bridgehead atoms. The van der Waals surface area contributed by atoms with Crippen LogP contribution in [0.2, 0.25) is 0 Å². The maximum atomic E-state index is 12.0. The van der Waals surface area contributed by atoms with E-state index in [1.807, 2.05) is 0 Å². The van der Waals surface area contributed by atoms with Crippen molar-refractivity contribution in [2.24, 2.45) is 0 Å². The van der Waals surface area contributed by atoms with E-state index in [1.54, 1.807) is 25.1 Å². The molecule has 1 aliphatic heterocycles. The third-order valence-corrected chi connectivity index (χ3v) is 3.29. The van der Waals surface area contributed by atoms with Gasteiger partial charge < -0.3 is 14.6 Å². The number of nitrogens with zero attached hydrogens (tertiary/aromatic N) is 1. The summed E-state index contributed by atoms with van der Waals surface area (Å²) in [6, 6.07) is 4.17. The summed E-state index contributed by atoms with van der Waals surface area (Å²) < 4.78 is 9.72. The summed E-state index contributed by atoms with van der Waals surface area (Å²) in [5, 5.41) is 9.52. The van der Waals surface area contributed by atoms with Gasteiger partial charge in [0.2, 0.25) is 0 Å². The van der Waals surface area contributed by atoms with Crippen LogP contribution in [0.1, 0.15) is 18.1 Å². The van der Waals surface area contributed by atoms with E-state index in [-0.39, 0.29) is 18.9 Å². The monoisotopic (exact) mass is 279 g/mol. The second-order valence-corrected chi connectivity index (χ2v) is 4.52. The largest absolute Gasteiger partial charge is 0.508 e. The van der Waals surface area contributed by atoms with Crippen molar-refractivity contribution in [1.29, 1.82) is 0 Å². The third-order valence-electron chi connectivity index (χ3n) is 3.29. The number of ether oxygens (including phenoxy) is 2. The first kappa shape index (κ1) is 14.2. The molecule has 108 valence electrons. The standard InChI is InChI=1S/C14H17NO5/c1-3-20-13(17)12-7-10-6-11(16)5-4-9(10)8-15(12)14(18)19-2/h4-6,12,16H,3,7-8H2,1-2H3/t12-/m0/s1. The highest BCUT2D eigenvalue weighted by molar-refractivity contribution is 5.82. The fraction of sp³-hybridized carbons (Fsp3) is 0.429. The van der Waals surface area contributed by atoms with Gasteiger partial charge in [0.05, 0.1) is 20.3 Å². The summed E-state index contributed by atoms with van der Waals surface area (Å²) in [5.41, 5.74) is 1.72. The van der Waals surface area contributed by atoms with Crippen molar-refractivity contribution in [3.05, 3.63) is 29.3 Å². The van der Waals surface area contributed by atoms with E-state index < -0.39 is 18.1 Å². The van der Waals surface area contributed by atoms with Gasteiger partial charge in [0.25, 0.3) is 0 Å². The molecule has 0 aromatic heterocycles. The van der Waals surface area contributed by atoms with E-state index in [4.69, 9.17) is 9.47 Å². The number of aromatic hydroxyl groups is 1. The van der Waals surface area contributed by atoms with Crippen LogP contribution < -0.4 is 0 Å². The van der Waals surface area contributed by atoms with E-state index in [0.717, 1.165) is 11.1 Å². The number of amides is 1. The highest BCUT2D eigenvalue weighted by Crippen LogP contribution is 2.27. The number of carbonyl (C=O) groups excluding carboxylic acids is 2. The average molecular weight is 279 g/mol. The molecule has 0 aliphatic carbocycles. The van der Waals surface area contributed by atoms with Gasteiger partial charge >= 0.3 is 12.1 Å². The Morgan fingerprint density at radius 1 is 1.40 bits per heavy atom. The van der Waals surface area contributed by atoms with Crippen LogP contribution in [0.4, 0.5) is 4.79 Å². The Bertz CT molecular complexity index is 528. The van der Waals surface area contributed by atoms with E-state index in [9.17, 15) is 14.7 Å². The number of esters is 1. The predicted octanol–water partition coefficient (Wildman–Crippen LogP) is 1.45. The van der Waals surface area contributed by atoms with Crippen LogP contribution in [0, 0.1) is 0 Å². The van der Waals surface area contributed by atoms with Gasteiger partial charge in [-0.05, 0) is 30.2 Å². The van der Waals surface area contributed by atoms with Gasteiger partial charge in [-0.3, -0.25) is 4.90 Å². The van der Waals surface area contributed by atoms with Gasteiger partial charge in [-0.25, -0.2) is 9.59 Å². The molecule has 20 heavy (non-hydrogen) atoms. The number of hydrogen-bond donors (Lipinski definition) is 1. The van der Waals surface area contributed by atoms with Crippen LogP contribution in [0.15, 0.2) is 18.2 Å². The van der Waals surface area contributed by atoms with Gasteiger partial charge in [-0.15, -0.1) is 0 Å². The lowest BCUT2D eigenvalue weighted by Crippen LogP contribution is -2.49. The first-order valence-corrected chi connectivity index (χ1v) is 6.38. The molecule has 0 unspecified atom stereocenters. The minimum Gasteiger partial charge on any atom is -0.508 e. The van der Waals surface area contributed by atoms with Crippen LogP contribution >= 0.6 is 0 Å². The molecule has 1 aliphatic rings. The van der Waals surface area contributed by atoms with Gasteiger partial charge in [-0.2, -0.15) is 0 Å². The molecular formula is C14H17NO5. The third kappa shape index (κ3) is 2.68. The smallest absolute Gasteiger partial charge is 0.410 e. The number of rotatable bonds is 2. The highest BCUT2D eigenvalue weighted by atomic mass is 16.6. The maximum Gasteiger partial charge on any atom is 0.410 e. The fourth-order valence-corrected chi connectivity index (χ4v) is 2.33. The molecule has 0 spiro atoms. The fourth-order valence-electron chi connectivity index (χ4n) is 2.33. The zero-order valence-corrected chi connectivity index (χ0v) is 11.5. The molecule has 1 atom stereocenters. The van der Waals surface area contributed by atoms with E-state index in [1.165, 1.54) is 12.0 Å². The number of fused-ring (bicyclic) bond motifs is 1. The van der Waals surface area contributed by atoms with Crippen molar-refractivity contribution in [3.63, 3.8) is 0 Å². The Morgan fingerprint density at radius 3 is 2.80 bits per heavy atom. The van der Waals surface area contributed by atoms with Crippen LogP contribution in [-0.4, -0.2) is 41.8 Å². The van der Waals surface area contributed by atoms with Gasteiger partial charge in [0.1, 0.15) is 11.8 Å². The molecule has 2 rings (SSSR count). The summed E-state index contributed by atoms with van der Waals surface area (Å²) in [4.78, 5) is 25.1. The molecule has 6 heteroatoms. The summed E-state index contributed by atoms with van der Waals surface area (Å²) >= 11 is 0. The van der Waals surface area contributed by atoms with E-state index in [2.05, 4.69) is 0 Å². The van der Waals surface area contributed by atoms with Crippen LogP contribution in [-0.2, 0) is 27.2 Å². The zero-order chi connectivity index (χ0) is 14.7. The predicted molar refractivity (Wildman–Crippen MR) is 70.2 cm³/mol. The molecule has 1 aromatic rings. The second kappa shape index (κ2) is 5.81. The number of phenols is 1. The SMILES string of the molecule is CCOC(=O)[C@@H]1Cc2cc(O)ccc2CN1C(=O)OC. The summed E-state index contributed by atoms with van der Waals surface area (Å²) in [6.07, 6.45) is -0.265. The molecule has 0 fully saturated rings. The van der Waals surface area contributed by atoms with Crippen molar-refractivity contribution in [2.75, 3.05) is 13.7 Å². The Hall–Kier alpha value is -2.24. The number of phenolic OH excluding ortho intramolecular Hbond substituents is 1. The molecule has 6 nitrogen and oxygen atoms in total. The number of carbonyl (C=O) groups is 2. The van der Waals surface area contributed by atoms with Gasteiger partial charge in [-0.1, -0.05) is 6.07 Å². The Balaban J connectivity index is 2.32. The Kier molecular flexibility index (Phi) is 4.12. The molecule has 0 radical (unpaired) electrons. The van der Waals surface area contributed by atoms with Gasteiger partial charge in [0.15, 0.2) is 0 Å². The molecule has 1 amide bonds. The van der Waals surface area contributed by atoms with Crippen molar-refractivity contribution in [2.45, 2.75) is 25.9 Å². The second-order valence-electron chi connectivity index (χ2n) is 4.52. The molecule has 0 saturated heterocycles. The molecule has 1 N–H and O–H groups in total. The van der Waals surface area contributed by atoms with E-state index in [0.29, 0.717) is 6.42 Å². The van der Waals surface area contributed by atoms with Gasteiger partial charge in [0, 0.05) is 6.42 Å². The van der Waals surface area contributed by atoms with Crippen molar-refractivity contribution in [1.82, 2.24) is 4.90 Å². The zero-order valence-electron chi connectivity index (χ0n) is 11.5. The lowest BCUT2D eigenvalue weighted by Gasteiger charge is -2.34. The topological polar surface area (TPSA) is 76.1 Å². The molecular weight excluding hydrogens is 262 g/mol. The quantitative estimate of drug-likeness (QED) is 0.829. The molecule has 1 aromatic carbocycles. The summed E-state index contributed by atoms with van der Waals surface area (Å²) in [6.45, 7) is 2.21. The average Bonchev–Trinajstić information content (AvgIpc) is 2.45. The number of hydrogen-bond acceptors (Lipinski definition) is 5. The normalized spacial score (nSPS) is 17.3. The number of benzene rings is 1. The minimum atomic E-state index is -0.725. The van der Waals surface area contributed by atoms with Crippen molar-refractivity contribution in [3.8, 4) is 5.75 Å². The highest BCUT2D eigenvalue weighted by Gasteiger charge is 2.36. The lowest BCUT2D eigenvalue weighted by molar-refractivity contribution is -0.149. The lowest BCUT2D eigenvalue weighted by atomic mass is 9.94. The van der Waals surface area contributed by atoms with Crippen molar-refractivity contribution < 1.29 is 24.2 Å². The molecule has 1 heterocycles. The Labute approximate surface area is 116 Å². The summed E-state index contributed by atoms with van der Waals surface area (Å²) in [7, 11) is 1.27. The van der Waals surface area contributed by atoms with E-state index >= 15 is 0 Å². The minimum absolute atomic E-state index is 0.137. The first-order valence-electron chi connectivity index (χ1n) is 6.38.